The number of hydrogen-bond donors (Lipinski definition) is 1. The molecule has 0 amide bonds. The SMILES string of the molecule is CC(C)C(=O)OCC(=O)[C@@]12O[C@H](C3CCCCC3)O[C@H]1C[C@H]1[C@@H]3CC=C4CC(=O)C=C[C@]4(C)[C@H]3[C@@H](O)C[C@@]12C. The standard InChI is InChI=1S/C32H44O7/c1-18(2)28(36)37-17-25(35)32-26(38-29(39-32)19-8-6-5-7-9-19)15-23-22-11-10-20-14-21(33)12-13-30(20,3)27(22)24(34)16-31(23,32)4/h10,12-13,18-19,22-24,26-27,29,34H,5-9,11,14-17H2,1-4H3/t22-,23-,24-,26-,27+,29+,30-,31-,32+/m0/s1. The number of aliphatic hydroxyl groups is 1. The summed E-state index contributed by atoms with van der Waals surface area (Å²) in [4.78, 5) is 38.8. The van der Waals surface area contributed by atoms with Gasteiger partial charge in [-0.15, -0.1) is 0 Å². The number of Topliss-reactive ketones (excluding diaryl/α,β-unsaturated/α-hetero) is 1. The first-order chi connectivity index (χ1) is 18.5. The maximum absolute atomic E-state index is 14.2. The van der Waals surface area contributed by atoms with E-state index in [1.165, 1.54) is 6.42 Å². The Morgan fingerprint density at radius 1 is 1.18 bits per heavy atom. The molecule has 0 aromatic carbocycles. The minimum absolute atomic E-state index is 0.0428. The van der Waals surface area contributed by atoms with Crippen molar-refractivity contribution in [3.05, 3.63) is 23.8 Å². The fourth-order valence-corrected chi connectivity index (χ4v) is 9.53. The average Bonchev–Trinajstić information content (AvgIpc) is 3.41. The molecule has 5 aliphatic carbocycles. The lowest BCUT2D eigenvalue weighted by Crippen LogP contribution is -2.63. The Hall–Kier alpha value is -1.83. The van der Waals surface area contributed by atoms with Crippen LogP contribution in [0.25, 0.3) is 0 Å². The lowest BCUT2D eigenvalue weighted by Gasteiger charge is -2.59. The van der Waals surface area contributed by atoms with E-state index in [-0.39, 0.29) is 53.2 Å². The number of esters is 1. The number of aliphatic hydroxyl groups excluding tert-OH is 1. The Morgan fingerprint density at radius 3 is 2.64 bits per heavy atom. The Bertz CT molecular complexity index is 1100. The molecule has 3 saturated carbocycles. The van der Waals surface area contributed by atoms with Crippen LogP contribution in [0, 0.1) is 40.4 Å². The number of hydrogen-bond acceptors (Lipinski definition) is 7. The van der Waals surface area contributed by atoms with Gasteiger partial charge in [0.2, 0.25) is 5.78 Å². The zero-order valence-electron chi connectivity index (χ0n) is 23.8. The molecule has 7 heteroatoms. The molecule has 1 heterocycles. The van der Waals surface area contributed by atoms with Crippen LogP contribution in [0.4, 0.5) is 0 Å². The summed E-state index contributed by atoms with van der Waals surface area (Å²) in [5.74, 6) is -0.439. The van der Waals surface area contributed by atoms with Gasteiger partial charge in [-0.1, -0.05) is 64.7 Å². The molecule has 6 rings (SSSR count). The summed E-state index contributed by atoms with van der Waals surface area (Å²) >= 11 is 0. The largest absolute Gasteiger partial charge is 0.457 e. The van der Waals surface area contributed by atoms with Crippen LogP contribution in [0.15, 0.2) is 23.8 Å². The first-order valence-corrected chi connectivity index (χ1v) is 15.1. The second-order valence-electron chi connectivity index (χ2n) is 13.9. The van der Waals surface area contributed by atoms with Gasteiger partial charge in [0.25, 0.3) is 0 Å². The van der Waals surface area contributed by atoms with Crippen molar-refractivity contribution in [3.8, 4) is 0 Å². The molecular weight excluding hydrogens is 496 g/mol. The minimum Gasteiger partial charge on any atom is -0.457 e. The first kappa shape index (κ1) is 27.3. The van der Waals surface area contributed by atoms with Gasteiger partial charge in [-0.25, -0.2) is 0 Å². The molecule has 39 heavy (non-hydrogen) atoms. The molecular formula is C32H44O7. The van der Waals surface area contributed by atoms with Gasteiger partial charge in [0.1, 0.15) is 0 Å². The minimum atomic E-state index is -1.26. The Balaban J connectivity index is 1.36. The molecule has 1 saturated heterocycles. The molecule has 214 valence electrons. The Kier molecular flexibility index (Phi) is 6.75. The summed E-state index contributed by atoms with van der Waals surface area (Å²) in [6, 6.07) is 0. The monoisotopic (exact) mass is 540 g/mol. The van der Waals surface area contributed by atoms with Crippen LogP contribution >= 0.6 is 0 Å². The third-order valence-corrected chi connectivity index (χ3v) is 11.5. The van der Waals surface area contributed by atoms with E-state index in [0.29, 0.717) is 19.3 Å². The summed E-state index contributed by atoms with van der Waals surface area (Å²) in [5.41, 5.74) is -1.20. The number of allylic oxidation sites excluding steroid dienone is 4. The molecule has 0 radical (unpaired) electrons. The number of fused-ring (bicyclic) bond motifs is 7. The second kappa shape index (κ2) is 9.63. The normalized spacial score (nSPS) is 45.3. The highest BCUT2D eigenvalue weighted by atomic mass is 16.7. The molecule has 9 atom stereocenters. The molecule has 0 aromatic heterocycles. The van der Waals surface area contributed by atoms with Crippen molar-refractivity contribution in [2.45, 2.75) is 110 Å². The van der Waals surface area contributed by atoms with Gasteiger partial charge in [0, 0.05) is 29.1 Å². The van der Waals surface area contributed by atoms with Crippen molar-refractivity contribution < 1.29 is 33.7 Å². The fourth-order valence-electron chi connectivity index (χ4n) is 9.53. The van der Waals surface area contributed by atoms with Gasteiger partial charge in [0.05, 0.1) is 18.1 Å². The maximum Gasteiger partial charge on any atom is 0.308 e. The van der Waals surface area contributed by atoms with Crippen molar-refractivity contribution in [3.63, 3.8) is 0 Å². The number of ether oxygens (including phenoxy) is 3. The summed E-state index contributed by atoms with van der Waals surface area (Å²) in [5, 5.41) is 11.9. The van der Waals surface area contributed by atoms with E-state index in [4.69, 9.17) is 14.2 Å². The molecule has 1 N–H and O–H groups in total. The lowest BCUT2D eigenvalue weighted by molar-refractivity contribution is -0.208. The van der Waals surface area contributed by atoms with Crippen LogP contribution in [0.2, 0.25) is 0 Å². The van der Waals surface area contributed by atoms with Crippen molar-refractivity contribution in [2.75, 3.05) is 6.61 Å². The van der Waals surface area contributed by atoms with Crippen molar-refractivity contribution >= 4 is 17.5 Å². The van der Waals surface area contributed by atoms with Crippen LogP contribution in [-0.2, 0) is 28.6 Å². The molecule has 0 spiro atoms. The molecule has 0 bridgehead atoms. The van der Waals surface area contributed by atoms with Crippen LogP contribution < -0.4 is 0 Å². The van der Waals surface area contributed by atoms with Gasteiger partial charge in [0.15, 0.2) is 24.3 Å². The molecule has 4 fully saturated rings. The average molecular weight is 541 g/mol. The molecule has 6 aliphatic rings. The summed E-state index contributed by atoms with van der Waals surface area (Å²) in [6.45, 7) is 7.43. The summed E-state index contributed by atoms with van der Waals surface area (Å²) in [7, 11) is 0. The van der Waals surface area contributed by atoms with Crippen LogP contribution in [0.5, 0.6) is 0 Å². The van der Waals surface area contributed by atoms with Crippen LogP contribution in [0.3, 0.4) is 0 Å². The van der Waals surface area contributed by atoms with Crippen molar-refractivity contribution in [1.29, 1.82) is 0 Å². The van der Waals surface area contributed by atoms with E-state index in [1.54, 1.807) is 19.9 Å². The van der Waals surface area contributed by atoms with E-state index < -0.39 is 35.5 Å². The van der Waals surface area contributed by atoms with Gasteiger partial charge >= 0.3 is 5.97 Å². The maximum atomic E-state index is 14.2. The fraction of sp³-hybridized carbons (Fsp3) is 0.781. The zero-order chi connectivity index (χ0) is 27.7. The van der Waals surface area contributed by atoms with Crippen LogP contribution in [0.1, 0.15) is 85.5 Å². The molecule has 0 unspecified atom stereocenters. The Labute approximate surface area is 231 Å². The number of ketones is 2. The van der Waals surface area contributed by atoms with Gasteiger partial charge in [-0.3, -0.25) is 14.4 Å². The third kappa shape index (κ3) is 3.97. The van der Waals surface area contributed by atoms with Gasteiger partial charge < -0.3 is 19.3 Å². The first-order valence-electron chi connectivity index (χ1n) is 15.1. The summed E-state index contributed by atoms with van der Waals surface area (Å²) < 4.78 is 19.0. The Morgan fingerprint density at radius 2 is 1.92 bits per heavy atom. The van der Waals surface area contributed by atoms with Crippen LogP contribution in [-0.4, -0.2) is 53.3 Å². The van der Waals surface area contributed by atoms with E-state index in [0.717, 1.165) is 37.7 Å². The summed E-state index contributed by atoms with van der Waals surface area (Å²) in [6.07, 6.45) is 12.1. The highest BCUT2D eigenvalue weighted by Crippen LogP contribution is 2.69. The number of carbonyl (C=O) groups excluding carboxylic acids is 3. The predicted octanol–water partition coefficient (Wildman–Crippen LogP) is 4.70. The van der Waals surface area contributed by atoms with E-state index in [9.17, 15) is 19.5 Å². The lowest BCUT2D eigenvalue weighted by atomic mass is 9.47. The topological polar surface area (TPSA) is 99.1 Å². The highest BCUT2D eigenvalue weighted by molar-refractivity contribution is 5.94. The molecule has 1 aliphatic heterocycles. The number of rotatable bonds is 5. The number of carbonyl (C=O) groups is 3. The highest BCUT2D eigenvalue weighted by Gasteiger charge is 2.76. The molecule has 7 nitrogen and oxygen atoms in total. The smallest absolute Gasteiger partial charge is 0.308 e. The third-order valence-electron chi connectivity index (χ3n) is 11.5. The molecule has 0 aromatic rings. The van der Waals surface area contributed by atoms with E-state index >= 15 is 0 Å². The zero-order valence-corrected chi connectivity index (χ0v) is 23.8. The van der Waals surface area contributed by atoms with E-state index in [2.05, 4.69) is 19.9 Å². The predicted molar refractivity (Wildman–Crippen MR) is 143 cm³/mol. The van der Waals surface area contributed by atoms with Gasteiger partial charge in [-0.05, 0) is 50.0 Å². The second-order valence-corrected chi connectivity index (χ2v) is 13.9. The van der Waals surface area contributed by atoms with Gasteiger partial charge in [-0.2, -0.15) is 0 Å². The van der Waals surface area contributed by atoms with Crippen molar-refractivity contribution in [1.82, 2.24) is 0 Å². The van der Waals surface area contributed by atoms with Crippen molar-refractivity contribution in [2.24, 2.45) is 40.4 Å². The van der Waals surface area contributed by atoms with E-state index in [1.807, 2.05) is 6.08 Å². The quantitative estimate of drug-likeness (QED) is 0.398.